The van der Waals surface area contributed by atoms with Gasteiger partial charge in [-0.05, 0) is 170 Å². The molecule has 0 spiro atoms. The molecule has 0 saturated heterocycles. The molecule has 0 radical (unpaired) electrons. The van der Waals surface area contributed by atoms with Gasteiger partial charge in [-0.1, -0.05) is 112 Å². The van der Waals surface area contributed by atoms with E-state index in [2.05, 4.69) is 205 Å². The fourth-order valence-electron chi connectivity index (χ4n) is 10.5. The van der Waals surface area contributed by atoms with Crippen LogP contribution in [0.15, 0.2) is 164 Å². The number of hydrogen-bond acceptors (Lipinski definition) is 0. The molecular weight excluding hydrogens is 775 g/mol. The Balaban J connectivity index is 0.983. The molecule has 0 N–H and O–H groups in total. The Kier molecular flexibility index (Phi) is 10.4. The molecule has 0 atom stereocenters. The minimum Gasteiger partial charge on any atom is -0.309 e. The Bertz CT molecular complexity index is 3450. The lowest BCUT2D eigenvalue weighted by Crippen LogP contribution is -1.96. The highest BCUT2D eigenvalue weighted by molar-refractivity contribution is 6.13. The number of aryl methyl sites for hydroxylation is 4. The number of benzene rings is 8. The van der Waals surface area contributed by atoms with E-state index in [9.17, 15) is 0 Å². The molecule has 0 saturated carbocycles. The van der Waals surface area contributed by atoms with Crippen molar-refractivity contribution in [3.05, 3.63) is 186 Å². The summed E-state index contributed by atoms with van der Waals surface area (Å²) in [6.07, 6.45) is 10.6. The summed E-state index contributed by atoms with van der Waals surface area (Å²) in [4.78, 5) is 0. The Morgan fingerprint density at radius 2 is 0.750 bits per heavy atom. The summed E-state index contributed by atoms with van der Waals surface area (Å²) in [5.41, 5.74) is 19.0. The molecule has 8 aromatic carbocycles. The van der Waals surface area contributed by atoms with E-state index in [4.69, 9.17) is 0 Å². The van der Waals surface area contributed by atoms with E-state index in [0.29, 0.717) is 0 Å². The number of fused-ring (bicyclic) bond motifs is 9. The third-order valence-electron chi connectivity index (χ3n) is 13.8. The van der Waals surface area contributed by atoms with E-state index < -0.39 is 0 Å². The van der Waals surface area contributed by atoms with Crippen LogP contribution in [-0.4, -0.2) is 13.7 Å². The van der Waals surface area contributed by atoms with Crippen LogP contribution in [-0.2, 0) is 19.3 Å². The van der Waals surface area contributed by atoms with Gasteiger partial charge in [-0.15, -0.1) is 0 Å². The van der Waals surface area contributed by atoms with E-state index >= 15 is 0 Å². The maximum atomic E-state index is 2.47. The van der Waals surface area contributed by atoms with Gasteiger partial charge in [0.05, 0.1) is 33.1 Å². The topological polar surface area (TPSA) is 14.8 Å². The molecule has 3 heterocycles. The average molecular weight is 832 g/mol. The lowest BCUT2D eigenvalue weighted by atomic mass is 10.0. The van der Waals surface area contributed by atoms with Gasteiger partial charge in [-0.25, -0.2) is 0 Å². The van der Waals surface area contributed by atoms with Crippen LogP contribution in [0.3, 0.4) is 0 Å². The van der Waals surface area contributed by atoms with Gasteiger partial charge in [-0.3, -0.25) is 0 Å². The first kappa shape index (κ1) is 40.0. The van der Waals surface area contributed by atoms with Crippen molar-refractivity contribution < 1.29 is 0 Å². The lowest BCUT2D eigenvalue weighted by molar-refractivity contribution is 0.795. The monoisotopic (exact) mass is 831 g/mol. The zero-order valence-electron chi connectivity index (χ0n) is 37.8. The van der Waals surface area contributed by atoms with Crippen LogP contribution >= 0.6 is 0 Å². The van der Waals surface area contributed by atoms with Crippen LogP contribution in [0.25, 0.3) is 93.6 Å². The van der Waals surface area contributed by atoms with Gasteiger partial charge >= 0.3 is 0 Å². The zero-order valence-corrected chi connectivity index (χ0v) is 37.8. The number of para-hydroxylation sites is 1. The summed E-state index contributed by atoms with van der Waals surface area (Å²) in [6.45, 7) is 9.03. The summed E-state index contributed by atoms with van der Waals surface area (Å²) in [5.74, 6) is 0. The van der Waals surface area contributed by atoms with E-state index in [-0.39, 0.29) is 0 Å². The molecule has 0 amide bonds. The summed E-state index contributed by atoms with van der Waals surface area (Å²) in [6, 6.07) is 62.6. The first-order valence-electron chi connectivity index (χ1n) is 23.9. The van der Waals surface area contributed by atoms with E-state index in [0.717, 1.165) is 24.9 Å². The van der Waals surface area contributed by atoms with Crippen LogP contribution in [0, 0.1) is 6.92 Å². The molecule has 0 bridgehead atoms. The second-order valence-electron chi connectivity index (χ2n) is 18.2. The minimum absolute atomic E-state index is 1.12. The fraction of sp³-hybridized carbons (Fsp3) is 0.213. The second-order valence-corrected chi connectivity index (χ2v) is 18.2. The highest BCUT2D eigenvalue weighted by Gasteiger charge is 2.19. The largest absolute Gasteiger partial charge is 0.309 e. The van der Waals surface area contributed by atoms with Gasteiger partial charge in [0.25, 0.3) is 0 Å². The molecule has 64 heavy (non-hydrogen) atoms. The molecule has 316 valence electrons. The SMILES string of the molecule is CCCCc1ccc2c(c1)c1cc(C)ccc1n2-c1ccc2c(c1)c1ccccc1n2-c1cccc(-c2ccc(-n3c4ccc(CCCC)cc4c4cc(CCCC)ccc43)cc2)c1. The molecule has 0 aliphatic heterocycles. The number of aromatic nitrogens is 3. The summed E-state index contributed by atoms with van der Waals surface area (Å²) < 4.78 is 7.39. The maximum Gasteiger partial charge on any atom is 0.0542 e. The molecule has 0 fully saturated rings. The van der Waals surface area contributed by atoms with Gasteiger partial charge in [0.15, 0.2) is 0 Å². The first-order valence-corrected chi connectivity index (χ1v) is 23.9. The van der Waals surface area contributed by atoms with Crippen LogP contribution in [0.5, 0.6) is 0 Å². The molecule has 0 aliphatic rings. The van der Waals surface area contributed by atoms with Crippen molar-refractivity contribution in [2.24, 2.45) is 0 Å². The lowest BCUT2D eigenvalue weighted by Gasteiger charge is -2.13. The standard InChI is InChI=1S/C61H57N3/c1-5-8-14-42-24-33-60-52(36-42)51-35-41(4)21-30-57(51)64(60)49-29-34-61-55(40-49)50-19-11-12-20-56(50)63(61)48-18-13-17-46(39-48)45-25-27-47(28-26-45)62-58-31-22-43(15-9-6-2)37-53(58)54-38-44(16-10-7-3)23-32-59(54)62/h11-13,17-40H,5-10,14-16H2,1-4H3. The zero-order chi connectivity index (χ0) is 43.3. The number of rotatable bonds is 13. The van der Waals surface area contributed by atoms with Crippen molar-refractivity contribution >= 4 is 65.4 Å². The van der Waals surface area contributed by atoms with E-state index in [1.54, 1.807) is 0 Å². The van der Waals surface area contributed by atoms with Crippen molar-refractivity contribution in [1.29, 1.82) is 0 Å². The quantitative estimate of drug-likeness (QED) is 0.110. The summed E-state index contributed by atoms with van der Waals surface area (Å²) in [5, 5.41) is 7.89. The smallest absolute Gasteiger partial charge is 0.0542 e. The highest BCUT2D eigenvalue weighted by atomic mass is 15.0. The van der Waals surface area contributed by atoms with Crippen molar-refractivity contribution in [3.63, 3.8) is 0 Å². The van der Waals surface area contributed by atoms with Crippen LogP contribution in [0.1, 0.15) is 81.5 Å². The van der Waals surface area contributed by atoms with Gasteiger partial charge in [-0.2, -0.15) is 0 Å². The molecule has 3 heteroatoms. The van der Waals surface area contributed by atoms with Crippen molar-refractivity contribution in [3.8, 4) is 28.2 Å². The van der Waals surface area contributed by atoms with Gasteiger partial charge in [0.1, 0.15) is 0 Å². The molecule has 0 unspecified atom stereocenters. The molecule has 0 aliphatic carbocycles. The number of unbranched alkanes of at least 4 members (excludes halogenated alkanes) is 3. The third kappa shape index (κ3) is 6.90. The summed E-state index contributed by atoms with van der Waals surface area (Å²) >= 11 is 0. The van der Waals surface area contributed by atoms with E-state index in [1.807, 2.05) is 0 Å². The molecule has 3 nitrogen and oxygen atoms in total. The van der Waals surface area contributed by atoms with Crippen LogP contribution in [0.4, 0.5) is 0 Å². The average Bonchev–Trinajstić information content (AvgIpc) is 3.96. The Hall–Kier alpha value is -6.84. The second kappa shape index (κ2) is 16.7. The predicted octanol–water partition coefficient (Wildman–Crippen LogP) is 17.0. The van der Waals surface area contributed by atoms with Crippen molar-refractivity contribution in [2.75, 3.05) is 0 Å². The Labute approximate surface area is 377 Å². The summed E-state index contributed by atoms with van der Waals surface area (Å²) in [7, 11) is 0. The van der Waals surface area contributed by atoms with Crippen LogP contribution < -0.4 is 0 Å². The minimum atomic E-state index is 1.12. The predicted molar refractivity (Wildman–Crippen MR) is 275 cm³/mol. The van der Waals surface area contributed by atoms with Crippen molar-refractivity contribution in [1.82, 2.24) is 13.7 Å². The van der Waals surface area contributed by atoms with Gasteiger partial charge < -0.3 is 13.7 Å². The fourth-order valence-corrected chi connectivity index (χ4v) is 10.5. The third-order valence-corrected chi connectivity index (χ3v) is 13.8. The van der Waals surface area contributed by atoms with Gasteiger partial charge in [0, 0.05) is 49.4 Å². The normalized spacial score (nSPS) is 12.0. The van der Waals surface area contributed by atoms with Crippen LogP contribution in [0.2, 0.25) is 0 Å². The Morgan fingerprint density at radius 3 is 1.31 bits per heavy atom. The molecule has 11 aromatic rings. The first-order chi connectivity index (χ1) is 31.5. The highest BCUT2D eigenvalue weighted by Crippen LogP contribution is 2.39. The molecular formula is C61H57N3. The van der Waals surface area contributed by atoms with Gasteiger partial charge in [0.2, 0.25) is 0 Å². The maximum absolute atomic E-state index is 2.47. The van der Waals surface area contributed by atoms with Crippen molar-refractivity contribution in [2.45, 2.75) is 85.5 Å². The molecule has 11 rings (SSSR count). The Morgan fingerprint density at radius 1 is 0.312 bits per heavy atom. The molecule has 3 aromatic heterocycles. The van der Waals surface area contributed by atoms with E-state index in [1.165, 1.54) is 149 Å². The number of hydrogen-bond donors (Lipinski definition) is 0. The number of nitrogens with zero attached hydrogens (tertiary/aromatic N) is 3.